The third-order valence-corrected chi connectivity index (χ3v) is 1.22. The Morgan fingerprint density at radius 1 is 1.60 bits per heavy atom. The SMILES string of the molecule is C=CC(=O)NN(CC)CC. The zero-order valence-electron chi connectivity index (χ0n) is 6.55. The predicted molar refractivity (Wildman–Crippen MR) is 41.3 cm³/mol. The van der Waals surface area contributed by atoms with Crippen LogP contribution in [0.1, 0.15) is 13.8 Å². The second kappa shape index (κ2) is 4.99. The maximum absolute atomic E-state index is 10.7. The topological polar surface area (TPSA) is 32.3 Å². The van der Waals surface area contributed by atoms with E-state index in [1.165, 1.54) is 6.08 Å². The highest BCUT2D eigenvalue weighted by atomic mass is 16.2. The molecule has 0 radical (unpaired) electrons. The van der Waals surface area contributed by atoms with E-state index in [9.17, 15) is 4.79 Å². The van der Waals surface area contributed by atoms with E-state index in [0.29, 0.717) is 0 Å². The third kappa shape index (κ3) is 3.25. The quantitative estimate of drug-likeness (QED) is 0.459. The molecule has 0 aliphatic heterocycles. The molecular weight excluding hydrogens is 128 g/mol. The highest BCUT2D eigenvalue weighted by molar-refractivity contribution is 5.86. The summed E-state index contributed by atoms with van der Waals surface area (Å²) >= 11 is 0. The Kier molecular flexibility index (Phi) is 4.58. The van der Waals surface area contributed by atoms with Crippen LogP contribution >= 0.6 is 0 Å². The average molecular weight is 142 g/mol. The van der Waals surface area contributed by atoms with Crippen LogP contribution in [0, 0.1) is 0 Å². The van der Waals surface area contributed by atoms with E-state index in [1.807, 2.05) is 18.9 Å². The fraction of sp³-hybridized carbons (Fsp3) is 0.571. The van der Waals surface area contributed by atoms with Gasteiger partial charge in [0, 0.05) is 13.1 Å². The van der Waals surface area contributed by atoms with Crippen LogP contribution in [0.4, 0.5) is 0 Å². The monoisotopic (exact) mass is 142 g/mol. The Morgan fingerprint density at radius 3 is 2.40 bits per heavy atom. The smallest absolute Gasteiger partial charge is 0.257 e. The maximum Gasteiger partial charge on any atom is 0.257 e. The third-order valence-electron chi connectivity index (χ3n) is 1.22. The van der Waals surface area contributed by atoms with Crippen molar-refractivity contribution in [3.8, 4) is 0 Å². The number of carbonyl (C=O) groups excluding carboxylic acids is 1. The molecule has 0 saturated heterocycles. The fourth-order valence-electron chi connectivity index (χ4n) is 0.583. The molecule has 10 heavy (non-hydrogen) atoms. The summed E-state index contributed by atoms with van der Waals surface area (Å²) < 4.78 is 0. The lowest BCUT2D eigenvalue weighted by Gasteiger charge is -2.17. The van der Waals surface area contributed by atoms with E-state index in [1.54, 1.807) is 0 Å². The number of nitrogens with one attached hydrogen (secondary N) is 1. The Labute approximate surface area is 61.7 Å². The molecule has 0 saturated carbocycles. The van der Waals surface area contributed by atoms with Crippen molar-refractivity contribution in [2.24, 2.45) is 0 Å². The summed E-state index contributed by atoms with van der Waals surface area (Å²) in [5, 5.41) is 1.81. The standard InChI is InChI=1S/C7H14N2O/c1-4-7(10)8-9(5-2)6-3/h4H,1,5-6H2,2-3H3,(H,8,10). The number of nitrogens with zero attached hydrogens (tertiary/aromatic N) is 1. The van der Waals surface area contributed by atoms with Crippen LogP contribution in [-0.2, 0) is 4.79 Å². The molecule has 0 fully saturated rings. The Bertz CT molecular complexity index is 119. The Morgan fingerprint density at radius 2 is 2.10 bits per heavy atom. The number of hydrazine groups is 1. The normalized spacial score (nSPS) is 9.50. The van der Waals surface area contributed by atoms with Crippen molar-refractivity contribution < 1.29 is 4.79 Å². The van der Waals surface area contributed by atoms with Crippen molar-refractivity contribution in [2.45, 2.75) is 13.8 Å². The van der Waals surface area contributed by atoms with Crippen molar-refractivity contribution in [1.82, 2.24) is 10.4 Å². The summed E-state index contributed by atoms with van der Waals surface area (Å²) in [5.74, 6) is -0.149. The first-order chi connectivity index (χ1) is 4.74. The van der Waals surface area contributed by atoms with Crippen molar-refractivity contribution in [3.05, 3.63) is 12.7 Å². The van der Waals surface area contributed by atoms with Crippen molar-refractivity contribution in [1.29, 1.82) is 0 Å². The maximum atomic E-state index is 10.7. The average Bonchev–Trinajstić information content (AvgIpc) is 1.99. The van der Waals surface area contributed by atoms with E-state index < -0.39 is 0 Å². The number of amides is 1. The highest BCUT2D eigenvalue weighted by Crippen LogP contribution is 1.79. The van der Waals surface area contributed by atoms with E-state index >= 15 is 0 Å². The summed E-state index contributed by atoms with van der Waals surface area (Å²) in [6.45, 7) is 8.93. The van der Waals surface area contributed by atoms with Crippen LogP contribution in [0.15, 0.2) is 12.7 Å². The molecule has 3 nitrogen and oxygen atoms in total. The molecule has 3 heteroatoms. The zero-order valence-corrected chi connectivity index (χ0v) is 6.55. The highest BCUT2D eigenvalue weighted by Gasteiger charge is 1.99. The van der Waals surface area contributed by atoms with Crippen LogP contribution in [-0.4, -0.2) is 24.0 Å². The molecule has 0 aromatic rings. The minimum atomic E-state index is -0.149. The molecule has 0 aliphatic rings. The van der Waals surface area contributed by atoms with Gasteiger partial charge in [0.25, 0.3) is 5.91 Å². The summed E-state index contributed by atoms with van der Waals surface area (Å²) in [6, 6.07) is 0. The summed E-state index contributed by atoms with van der Waals surface area (Å²) in [5.41, 5.74) is 2.64. The first-order valence-electron chi connectivity index (χ1n) is 3.42. The molecule has 0 rings (SSSR count). The molecule has 0 atom stereocenters. The van der Waals surface area contributed by atoms with Gasteiger partial charge in [0.2, 0.25) is 0 Å². The lowest BCUT2D eigenvalue weighted by Crippen LogP contribution is -2.40. The van der Waals surface area contributed by atoms with Crippen LogP contribution in [0.2, 0.25) is 0 Å². The van der Waals surface area contributed by atoms with Gasteiger partial charge in [0.1, 0.15) is 0 Å². The molecule has 1 N–H and O–H groups in total. The Hall–Kier alpha value is -0.830. The van der Waals surface area contributed by atoms with Gasteiger partial charge < -0.3 is 0 Å². The van der Waals surface area contributed by atoms with Crippen molar-refractivity contribution in [2.75, 3.05) is 13.1 Å². The van der Waals surface area contributed by atoms with Crippen LogP contribution in [0.25, 0.3) is 0 Å². The predicted octanol–water partition coefficient (Wildman–Crippen LogP) is 0.545. The molecule has 0 bridgehead atoms. The van der Waals surface area contributed by atoms with E-state index in [2.05, 4.69) is 12.0 Å². The molecule has 0 aromatic carbocycles. The van der Waals surface area contributed by atoms with Crippen LogP contribution < -0.4 is 5.43 Å². The first-order valence-corrected chi connectivity index (χ1v) is 3.42. The number of hydrogen-bond donors (Lipinski definition) is 1. The molecule has 1 amide bonds. The zero-order chi connectivity index (χ0) is 7.98. The van der Waals surface area contributed by atoms with Gasteiger partial charge in [-0.3, -0.25) is 10.2 Å². The molecule has 0 aromatic heterocycles. The lowest BCUT2D eigenvalue weighted by atomic mass is 10.6. The van der Waals surface area contributed by atoms with Gasteiger partial charge in [-0.05, 0) is 6.08 Å². The molecule has 58 valence electrons. The van der Waals surface area contributed by atoms with Crippen LogP contribution in [0.5, 0.6) is 0 Å². The van der Waals surface area contributed by atoms with Crippen LogP contribution in [0.3, 0.4) is 0 Å². The summed E-state index contributed by atoms with van der Waals surface area (Å²) in [6.07, 6.45) is 1.26. The molecule has 0 spiro atoms. The van der Waals surface area contributed by atoms with Gasteiger partial charge in [-0.1, -0.05) is 20.4 Å². The van der Waals surface area contributed by atoms with Gasteiger partial charge in [-0.15, -0.1) is 0 Å². The van der Waals surface area contributed by atoms with Gasteiger partial charge in [0.15, 0.2) is 0 Å². The fourth-order valence-corrected chi connectivity index (χ4v) is 0.583. The molecule has 0 heterocycles. The van der Waals surface area contributed by atoms with E-state index in [4.69, 9.17) is 0 Å². The lowest BCUT2D eigenvalue weighted by molar-refractivity contribution is -0.120. The van der Waals surface area contributed by atoms with Gasteiger partial charge >= 0.3 is 0 Å². The number of carbonyl (C=O) groups is 1. The second-order valence-electron chi connectivity index (χ2n) is 1.85. The molecular formula is C7H14N2O. The Balaban J connectivity index is 3.62. The van der Waals surface area contributed by atoms with Crippen molar-refractivity contribution >= 4 is 5.91 Å². The van der Waals surface area contributed by atoms with Gasteiger partial charge in [-0.2, -0.15) is 0 Å². The van der Waals surface area contributed by atoms with E-state index in [-0.39, 0.29) is 5.91 Å². The van der Waals surface area contributed by atoms with Gasteiger partial charge in [-0.25, -0.2) is 5.01 Å². The summed E-state index contributed by atoms with van der Waals surface area (Å²) in [7, 11) is 0. The molecule has 0 unspecified atom stereocenters. The van der Waals surface area contributed by atoms with E-state index in [0.717, 1.165) is 13.1 Å². The second-order valence-corrected chi connectivity index (χ2v) is 1.85. The van der Waals surface area contributed by atoms with Gasteiger partial charge in [0.05, 0.1) is 0 Å². The number of rotatable bonds is 4. The minimum absolute atomic E-state index is 0.149. The number of hydrogen-bond acceptors (Lipinski definition) is 2. The minimum Gasteiger partial charge on any atom is -0.285 e. The summed E-state index contributed by atoms with van der Waals surface area (Å²) in [4.78, 5) is 10.7. The first kappa shape index (κ1) is 9.17. The largest absolute Gasteiger partial charge is 0.285 e. The van der Waals surface area contributed by atoms with Crippen molar-refractivity contribution in [3.63, 3.8) is 0 Å². The molecule has 0 aliphatic carbocycles.